The van der Waals surface area contributed by atoms with Crippen LogP contribution in [0, 0.1) is 6.92 Å². The molecule has 5 nitrogen and oxygen atoms in total. The molecule has 2 aromatic rings. The summed E-state index contributed by atoms with van der Waals surface area (Å²) in [5.74, 6) is 1.23. The number of hydrogen-bond acceptors (Lipinski definition) is 4. The van der Waals surface area contributed by atoms with Crippen molar-refractivity contribution in [3.05, 3.63) is 41.1 Å². The first-order chi connectivity index (χ1) is 9.95. The Balaban J connectivity index is 2.48. The maximum absolute atomic E-state index is 10.8. The zero-order valence-corrected chi connectivity index (χ0v) is 13.1. The quantitative estimate of drug-likeness (QED) is 0.919. The molecule has 21 heavy (non-hydrogen) atoms. The molecular weight excluding hydrogens is 268 g/mol. The third-order valence-corrected chi connectivity index (χ3v) is 3.26. The molecule has 2 rings (SSSR count). The van der Waals surface area contributed by atoms with Crippen molar-refractivity contribution in [1.29, 1.82) is 0 Å². The molecular formula is C16H22N2O3. The van der Waals surface area contributed by atoms with Gasteiger partial charge in [0.25, 0.3) is 0 Å². The second kappa shape index (κ2) is 6.18. The lowest BCUT2D eigenvalue weighted by molar-refractivity contribution is 0.193. The summed E-state index contributed by atoms with van der Waals surface area (Å²) in [6.45, 7) is 5.77. The molecule has 0 aliphatic rings. The van der Waals surface area contributed by atoms with E-state index in [1.807, 2.05) is 45.0 Å². The van der Waals surface area contributed by atoms with Gasteiger partial charge in [0.05, 0.1) is 24.5 Å². The number of nitrogens with zero attached hydrogens (tertiary/aromatic N) is 2. The van der Waals surface area contributed by atoms with Crippen LogP contribution in [0.2, 0.25) is 0 Å². The number of methoxy groups -OCH3 is 1. The number of aliphatic hydroxyl groups excluding tert-OH is 1. The fourth-order valence-corrected chi connectivity index (χ4v) is 2.43. The van der Waals surface area contributed by atoms with Gasteiger partial charge in [0.15, 0.2) is 0 Å². The molecule has 1 unspecified atom stereocenters. The normalized spacial score (nSPS) is 12.5. The van der Waals surface area contributed by atoms with Crippen LogP contribution in [0.25, 0.3) is 0 Å². The molecule has 0 fully saturated rings. The van der Waals surface area contributed by atoms with Crippen molar-refractivity contribution in [3.8, 4) is 11.6 Å². The Kier molecular flexibility index (Phi) is 4.53. The van der Waals surface area contributed by atoms with Gasteiger partial charge in [-0.1, -0.05) is 18.2 Å². The number of ether oxygens (including phenoxy) is 2. The highest BCUT2D eigenvalue weighted by Crippen LogP contribution is 2.36. The first kappa shape index (κ1) is 15.4. The summed E-state index contributed by atoms with van der Waals surface area (Å²) in [7, 11) is 3.36. The van der Waals surface area contributed by atoms with Crippen LogP contribution in [-0.4, -0.2) is 28.1 Å². The molecule has 0 radical (unpaired) electrons. The van der Waals surface area contributed by atoms with Gasteiger partial charge >= 0.3 is 0 Å². The zero-order chi connectivity index (χ0) is 15.6. The van der Waals surface area contributed by atoms with Crippen LogP contribution in [0.15, 0.2) is 24.3 Å². The van der Waals surface area contributed by atoms with Gasteiger partial charge in [0, 0.05) is 12.6 Å². The fraction of sp³-hybridized carbons (Fsp3) is 0.438. The molecule has 0 aliphatic heterocycles. The number of aryl methyl sites for hydroxylation is 2. The Morgan fingerprint density at radius 3 is 2.52 bits per heavy atom. The standard InChI is InChI=1S/C16H22N2O3/c1-10(2)21-13-9-7-6-8-12(13)15(19)14-11(3)17-18(4)16(14)20-5/h6-10,15,19H,1-5H3. The lowest BCUT2D eigenvalue weighted by Crippen LogP contribution is -2.10. The second-order valence-corrected chi connectivity index (χ2v) is 5.24. The van der Waals surface area contributed by atoms with Crippen LogP contribution in [0.1, 0.15) is 36.8 Å². The van der Waals surface area contributed by atoms with Gasteiger partial charge in [-0.3, -0.25) is 0 Å². The van der Waals surface area contributed by atoms with E-state index >= 15 is 0 Å². The summed E-state index contributed by atoms with van der Waals surface area (Å²) in [6.07, 6.45) is -0.807. The Morgan fingerprint density at radius 2 is 1.90 bits per heavy atom. The smallest absolute Gasteiger partial charge is 0.217 e. The highest BCUT2D eigenvalue weighted by atomic mass is 16.5. The SMILES string of the molecule is COc1c(C(O)c2ccccc2OC(C)C)c(C)nn1C. The van der Waals surface area contributed by atoms with Crippen molar-refractivity contribution < 1.29 is 14.6 Å². The van der Waals surface area contributed by atoms with Gasteiger partial charge in [-0.15, -0.1) is 0 Å². The lowest BCUT2D eigenvalue weighted by atomic mass is 10.0. The van der Waals surface area contributed by atoms with E-state index in [9.17, 15) is 5.11 Å². The van der Waals surface area contributed by atoms with Crippen LogP contribution in [-0.2, 0) is 7.05 Å². The van der Waals surface area contributed by atoms with E-state index in [1.54, 1.807) is 18.8 Å². The summed E-state index contributed by atoms with van der Waals surface area (Å²) in [5.41, 5.74) is 2.11. The average molecular weight is 290 g/mol. The monoisotopic (exact) mass is 290 g/mol. The van der Waals surface area contributed by atoms with Gasteiger partial charge < -0.3 is 14.6 Å². The third-order valence-electron chi connectivity index (χ3n) is 3.26. The van der Waals surface area contributed by atoms with Crippen molar-refractivity contribution in [3.63, 3.8) is 0 Å². The predicted octanol–water partition coefficient (Wildman–Crippen LogP) is 2.61. The minimum absolute atomic E-state index is 0.0373. The number of hydrogen-bond donors (Lipinski definition) is 1. The fourth-order valence-electron chi connectivity index (χ4n) is 2.43. The van der Waals surface area contributed by atoms with Crippen molar-refractivity contribution in [2.75, 3.05) is 7.11 Å². The Morgan fingerprint density at radius 1 is 1.24 bits per heavy atom. The van der Waals surface area contributed by atoms with Crippen molar-refractivity contribution in [1.82, 2.24) is 9.78 Å². The lowest BCUT2D eigenvalue weighted by Gasteiger charge is -2.18. The molecule has 0 saturated heterocycles. The molecule has 1 aromatic carbocycles. The van der Waals surface area contributed by atoms with Gasteiger partial charge in [-0.05, 0) is 26.8 Å². The van der Waals surface area contributed by atoms with E-state index in [1.165, 1.54) is 0 Å². The second-order valence-electron chi connectivity index (χ2n) is 5.24. The molecule has 5 heteroatoms. The maximum Gasteiger partial charge on any atom is 0.217 e. The average Bonchev–Trinajstić information content (AvgIpc) is 2.71. The number of aliphatic hydroxyl groups is 1. The van der Waals surface area contributed by atoms with Crippen LogP contribution in [0.4, 0.5) is 0 Å². The first-order valence-corrected chi connectivity index (χ1v) is 6.96. The van der Waals surface area contributed by atoms with Crippen molar-refractivity contribution >= 4 is 0 Å². The number of aromatic nitrogens is 2. The topological polar surface area (TPSA) is 56.5 Å². The minimum atomic E-state index is -0.844. The van der Waals surface area contributed by atoms with E-state index < -0.39 is 6.10 Å². The molecule has 1 aromatic heterocycles. The van der Waals surface area contributed by atoms with Crippen LogP contribution in [0.3, 0.4) is 0 Å². The van der Waals surface area contributed by atoms with E-state index in [0.29, 0.717) is 22.8 Å². The van der Waals surface area contributed by atoms with Gasteiger partial charge in [0.1, 0.15) is 11.9 Å². The molecule has 0 bridgehead atoms. The molecule has 0 spiro atoms. The molecule has 1 N–H and O–H groups in total. The number of rotatable bonds is 5. The first-order valence-electron chi connectivity index (χ1n) is 6.96. The summed E-state index contributed by atoms with van der Waals surface area (Å²) >= 11 is 0. The van der Waals surface area contributed by atoms with Gasteiger partial charge in [-0.2, -0.15) is 5.10 Å². The van der Waals surface area contributed by atoms with E-state index in [2.05, 4.69) is 5.10 Å². The molecule has 1 atom stereocenters. The molecule has 0 saturated carbocycles. The minimum Gasteiger partial charge on any atom is -0.491 e. The summed E-state index contributed by atoms with van der Waals surface area (Å²) in [6, 6.07) is 7.48. The molecule has 114 valence electrons. The number of para-hydroxylation sites is 1. The Hall–Kier alpha value is -2.01. The third kappa shape index (κ3) is 3.03. The Bertz CT molecular complexity index is 620. The Labute approximate surface area is 125 Å². The maximum atomic E-state index is 10.8. The van der Waals surface area contributed by atoms with Crippen LogP contribution < -0.4 is 9.47 Å². The highest BCUT2D eigenvalue weighted by Gasteiger charge is 2.25. The summed E-state index contributed by atoms with van der Waals surface area (Å²) < 4.78 is 12.8. The molecule has 0 aliphatic carbocycles. The largest absolute Gasteiger partial charge is 0.491 e. The molecule has 0 amide bonds. The highest BCUT2D eigenvalue weighted by molar-refractivity contribution is 5.45. The van der Waals surface area contributed by atoms with Gasteiger partial charge in [-0.25, -0.2) is 4.68 Å². The molecule has 1 heterocycles. The van der Waals surface area contributed by atoms with E-state index in [0.717, 1.165) is 5.69 Å². The van der Waals surface area contributed by atoms with Crippen molar-refractivity contribution in [2.45, 2.75) is 33.0 Å². The van der Waals surface area contributed by atoms with Gasteiger partial charge in [0.2, 0.25) is 5.88 Å². The number of benzene rings is 1. The van der Waals surface area contributed by atoms with Crippen LogP contribution in [0.5, 0.6) is 11.6 Å². The van der Waals surface area contributed by atoms with Crippen molar-refractivity contribution in [2.24, 2.45) is 7.05 Å². The zero-order valence-electron chi connectivity index (χ0n) is 13.1. The van der Waals surface area contributed by atoms with E-state index in [4.69, 9.17) is 9.47 Å². The predicted molar refractivity (Wildman–Crippen MR) is 80.8 cm³/mol. The summed E-state index contributed by atoms with van der Waals surface area (Å²) in [4.78, 5) is 0. The van der Waals surface area contributed by atoms with Crippen LogP contribution >= 0.6 is 0 Å². The van der Waals surface area contributed by atoms with E-state index in [-0.39, 0.29) is 6.10 Å². The summed E-state index contributed by atoms with van der Waals surface area (Å²) in [5, 5.41) is 15.1.